The zero-order chi connectivity index (χ0) is 15.2. The third-order valence-corrected chi connectivity index (χ3v) is 3.50. The van der Waals surface area contributed by atoms with Crippen LogP contribution in [0.5, 0.6) is 5.75 Å². The van der Waals surface area contributed by atoms with Crippen molar-refractivity contribution < 1.29 is 9.13 Å². The number of benzene rings is 1. The summed E-state index contributed by atoms with van der Waals surface area (Å²) in [7, 11) is 0. The van der Waals surface area contributed by atoms with Gasteiger partial charge in [0.2, 0.25) is 0 Å². The average Bonchev–Trinajstić information content (AvgIpc) is 2.46. The molecule has 3 rings (SSSR count). The van der Waals surface area contributed by atoms with Crippen molar-refractivity contribution in [3.8, 4) is 17.6 Å². The number of hydrogen-bond donors (Lipinski definition) is 1. The van der Waals surface area contributed by atoms with Gasteiger partial charge in [-0.15, -0.1) is 0 Å². The molecule has 1 saturated heterocycles. The second-order valence-corrected chi connectivity index (χ2v) is 5.27. The highest BCUT2D eigenvalue weighted by Gasteiger charge is 2.16. The van der Waals surface area contributed by atoms with E-state index in [0.29, 0.717) is 24.6 Å². The first-order valence-corrected chi connectivity index (χ1v) is 7.34. The van der Waals surface area contributed by atoms with E-state index in [-0.39, 0.29) is 5.82 Å². The maximum atomic E-state index is 13.1. The summed E-state index contributed by atoms with van der Waals surface area (Å²) < 4.78 is 18.8. The second kappa shape index (κ2) is 7.06. The Hall–Kier alpha value is -2.38. The van der Waals surface area contributed by atoms with Crippen molar-refractivity contribution in [3.05, 3.63) is 59.7 Å². The number of aromatic nitrogens is 1. The first-order chi connectivity index (χ1) is 10.8. The van der Waals surface area contributed by atoms with Crippen molar-refractivity contribution in [3.63, 3.8) is 0 Å². The SMILES string of the molecule is Fc1cccc(C#CCc2cncc(OC[C@@H]3CCN3)c2)c1. The van der Waals surface area contributed by atoms with E-state index >= 15 is 0 Å². The normalized spacial score (nSPS) is 16.3. The van der Waals surface area contributed by atoms with Gasteiger partial charge in [-0.05, 0) is 42.8 Å². The number of halogens is 1. The van der Waals surface area contributed by atoms with Crippen LogP contribution in [0.4, 0.5) is 4.39 Å². The molecule has 0 saturated carbocycles. The van der Waals surface area contributed by atoms with Crippen molar-refractivity contribution >= 4 is 0 Å². The minimum Gasteiger partial charge on any atom is -0.490 e. The molecule has 1 N–H and O–H groups in total. The monoisotopic (exact) mass is 296 g/mol. The Balaban J connectivity index is 1.58. The summed E-state index contributed by atoms with van der Waals surface area (Å²) in [4.78, 5) is 4.17. The van der Waals surface area contributed by atoms with Gasteiger partial charge in [0.25, 0.3) is 0 Å². The summed E-state index contributed by atoms with van der Waals surface area (Å²) in [5.41, 5.74) is 1.67. The van der Waals surface area contributed by atoms with Crippen LogP contribution in [0, 0.1) is 17.7 Å². The van der Waals surface area contributed by atoms with E-state index in [9.17, 15) is 4.39 Å². The molecule has 2 heterocycles. The van der Waals surface area contributed by atoms with Gasteiger partial charge >= 0.3 is 0 Å². The lowest BCUT2D eigenvalue weighted by Gasteiger charge is -2.27. The van der Waals surface area contributed by atoms with Crippen LogP contribution in [-0.2, 0) is 6.42 Å². The van der Waals surface area contributed by atoms with E-state index in [1.54, 1.807) is 24.5 Å². The summed E-state index contributed by atoms with van der Waals surface area (Å²) in [6, 6.07) is 8.69. The molecule has 4 heteroatoms. The molecule has 1 aliphatic heterocycles. The predicted molar refractivity (Wildman–Crippen MR) is 83.1 cm³/mol. The Labute approximate surface area is 129 Å². The summed E-state index contributed by atoms with van der Waals surface area (Å²) >= 11 is 0. The highest BCUT2D eigenvalue weighted by molar-refractivity contribution is 5.36. The lowest BCUT2D eigenvalue weighted by atomic mass is 10.1. The van der Waals surface area contributed by atoms with Gasteiger partial charge in [0.1, 0.15) is 18.2 Å². The maximum Gasteiger partial charge on any atom is 0.137 e. The van der Waals surface area contributed by atoms with Gasteiger partial charge in [-0.2, -0.15) is 0 Å². The van der Waals surface area contributed by atoms with E-state index < -0.39 is 0 Å². The summed E-state index contributed by atoms with van der Waals surface area (Å²) in [6.07, 6.45) is 5.20. The largest absolute Gasteiger partial charge is 0.490 e. The van der Waals surface area contributed by atoms with Crippen LogP contribution in [-0.4, -0.2) is 24.2 Å². The standard InChI is InChI=1S/C18H17FN2O/c19-16-6-2-4-14(9-16)3-1-5-15-10-18(12-20-11-15)22-13-17-7-8-21-17/h2,4,6,9-12,17,21H,5,7-8,13H2/t17-/m0/s1. The molecular formula is C18H17FN2O. The van der Waals surface area contributed by atoms with Crippen LogP contribution in [0.15, 0.2) is 42.7 Å². The van der Waals surface area contributed by atoms with Gasteiger partial charge in [-0.1, -0.05) is 17.9 Å². The minimum atomic E-state index is -0.270. The number of hydrogen-bond acceptors (Lipinski definition) is 3. The summed E-state index contributed by atoms with van der Waals surface area (Å²) in [5.74, 6) is 6.48. The van der Waals surface area contributed by atoms with Gasteiger partial charge in [-0.25, -0.2) is 4.39 Å². The van der Waals surface area contributed by atoms with Gasteiger partial charge < -0.3 is 10.1 Å². The van der Waals surface area contributed by atoms with Crippen LogP contribution in [0.3, 0.4) is 0 Å². The molecule has 3 nitrogen and oxygen atoms in total. The Morgan fingerprint density at radius 3 is 3.00 bits per heavy atom. The topological polar surface area (TPSA) is 34.1 Å². The van der Waals surface area contributed by atoms with Crippen molar-refractivity contribution in [2.75, 3.05) is 13.2 Å². The number of nitrogens with zero attached hydrogens (tertiary/aromatic N) is 1. The lowest BCUT2D eigenvalue weighted by molar-refractivity contribution is 0.217. The van der Waals surface area contributed by atoms with Crippen LogP contribution >= 0.6 is 0 Å². The summed E-state index contributed by atoms with van der Waals surface area (Å²) in [5, 5.41) is 3.29. The van der Waals surface area contributed by atoms with E-state index in [0.717, 1.165) is 24.3 Å². The van der Waals surface area contributed by atoms with Crippen LogP contribution in [0.2, 0.25) is 0 Å². The molecule has 0 aliphatic carbocycles. The quantitative estimate of drug-likeness (QED) is 0.881. The van der Waals surface area contributed by atoms with Crippen LogP contribution < -0.4 is 10.1 Å². The number of rotatable bonds is 4. The molecule has 112 valence electrons. The van der Waals surface area contributed by atoms with E-state index in [2.05, 4.69) is 22.1 Å². The van der Waals surface area contributed by atoms with Crippen LogP contribution in [0.1, 0.15) is 17.5 Å². The first kappa shape index (κ1) is 14.6. The fourth-order valence-electron chi connectivity index (χ4n) is 2.14. The zero-order valence-corrected chi connectivity index (χ0v) is 12.2. The van der Waals surface area contributed by atoms with Crippen LogP contribution in [0.25, 0.3) is 0 Å². The van der Waals surface area contributed by atoms with Gasteiger partial charge in [-0.3, -0.25) is 4.98 Å². The van der Waals surface area contributed by atoms with E-state index in [4.69, 9.17) is 4.74 Å². The number of pyridine rings is 1. The molecule has 1 aromatic heterocycles. The fourth-order valence-corrected chi connectivity index (χ4v) is 2.14. The molecular weight excluding hydrogens is 279 g/mol. The Morgan fingerprint density at radius 2 is 2.23 bits per heavy atom. The first-order valence-electron chi connectivity index (χ1n) is 7.34. The number of ether oxygens (including phenoxy) is 1. The molecule has 0 bridgehead atoms. The highest BCUT2D eigenvalue weighted by atomic mass is 19.1. The van der Waals surface area contributed by atoms with Crippen molar-refractivity contribution in [2.24, 2.45) is 0 Å². The summed E-state index contributed by atoms with van der Waals surface area (Å²) in [6.45, 7) is 1.74. The number of nitrogens with one attached hydrogen (secondary N) is 1. The van der Waals surface area contributed by atoms with Crippen molar-refractivity contribution in [1.82, 2.24) is 10.3 Å². The molecule has 1 aromatic carbocycles. The third kappa shape index (κ3) is 4.06. The molecule has 0 unspecified atom stereocenters. The molecule has 1 fully saturated rings. The lowest BCUT2D eigenvalue weighted by Crippen LogP contribution is -2.46. The molecule has 22 heavy (non-hydrogen) atoms. The third-order valence-electron chi connectivity index (χ3n) is 3.50. The molecule has 1 aliphatic rings. The maximum absolute atomic E-state index is 13.1. The van der Waals surface area contributed by atoms with E-state index in [1.807, 2.05) is 6.07 Å². The average molecular weight is 296 g/mol. The minimum absolute atomic E-state index is 0.270. The molecule has 2 aromatic rings. The second-order valence-electron chi connectivity index (χ2n) is 5.27. The smallest absolute Gasteiger partial charge is 0.137 e. The van der Waals surface area contributed by atoms with Gasteiger partial charge in [0.15, 0.2) is 0 Å². The highest BCUT2D eigenvalue weighted by Crippen LogP contribution is 2.13. The predicted octanol–water partition coefficient (Wildman–Crippen LogP) is 2.56. The molecule has 0 radical (unpaired) electrons. The van der Waals surface area contributed by atoms with E-state index in [1.165, 1.54) is 12.1 Å². The zero-order valence-electron chi connectivity index (χ0n) is 12.2. The van der Waals surface area contributed by atoms with Gasteiger partial charge in [0, 0.05) is 24.2 Å². The Morgan fingerprint density at radius 1 is 1.32 bits per heavy atom. The molecule has 0 amide bonds. The Bertz CT molecular complexity index is 701. The Kier molecular flexibility index (Phi) is 4.67. The molecule has 1 atom stereocenters. The molecule has 0 spiro atoms. The van der Waals surface area contributed by atoms with Crippen molar-refractivity contribution in [2.45, 2.75) is 18.9 Å². The fraction of sp³-hybridized carbons (Fsp3) is 0.278. The van der Waals surface area contributed by atoms with Gasteiger partial charge in [0.05, 0.1) is 6.20 Å². The van der Waals surface area contributed by atoms with Crippen molar-refractivity contribution in [1.29, 1.82) is 0 Å².